The first-order chi connectivity index (χ1) is 8.70. The van der Waals surface area contributed by atoms with E-state index < -0.39 is 4.92 Å². The van der Waals surface area contributed by atoms with Gasteiger partial charge >= 0.3 is 0 Å². The van der Waals surface area contributed by atoms with Crippen LogP contribution in [0.15, 0.2) is 18.2 Å². The van der Waals surface area contributed by atoms with Gasteiger partial charge in [-0.15, -0.1) is 0 Å². The van der Waals surface area contributed by atoms with Gasteiger partial charge in [0.1, 0.15) is 5.69 Å². The summed E-state index contributed by atoms with van der Waals surface area (Å²) < 4.78 is 0. The topological polar surface area (TPSA) is 84.4 Å². The minimum Gasteiger partial charge on any atom is -0.318 e. The number of nitrogens with one attached hydrogen (secondary N) is 1. The van der Waals surface area contributed by atoms with Gasteiger partial charge in [-0.1, -0.05) is 6.07 Å². The van der Waals surface area contributed by atoms with Crippen LogP contribution in [-0.4, -0.2) is 34.4 Å². The van der Waals surface area contributed by atoms with Crippen molar-refractivity contribution >= 4 is 23.1 Å². The maximum Gasteiger partial charge on any atom is 0.293 e. The van der Waals surface area contributed by atoms with Gasteiger partial charge in [-0.3, -0.25) is 20.9 Å². The number of nitrogens with two attached hydrogens (primary N) is 1. The summed E-state index contributed by atoms with van der Waals surface area (Å²) in [5.74, 6) is 7.61. The maximum atomic E-state index is 10.8. The number of thioether (sulfide) groups is 1. The van der Waals surface area contributed by atoms with Crippen LogP contribution in [0.2, 0.25) is 0 Å². The van der Waals surface area contributed by atoms with Crippen LogP contribution in [-0.2, 0) is 6.54 Å². The Bertz CT molecular complexity index is 435. The molecule has 0 aliphatic carbocycles. The molecule has 1 fully saturated rings. The van der Waals surface area contributed by atoms with Crippen LogP contribution in [0.3, 0.4) is 0 Å². The number of nitrogen functional groups attached to an aromatic ring is 1. The molecular weight excluding hydrogens is 252 g/mol. The predicted molar refractivity (Wildman–Crippen MR) is 73.5 cm³/mol. The molecule has 0 spiro atoms. The molecule has 6 nitrogen and oxygen atoms in total. The van der Waals surface area contributed by atoms with E-state index in [4.69, 9.17) is 5.84 Å². The Morgan fingerprint density at radius 1 is 1.44 bits per heavy atom. The average molecular weight is 268 g/mol. The summed E-state index contributed by atoms with van der Waals surface area (Å²) in [4.78, 5) is 12.7. The van der Waals surface area contributed by atoms with Crippen molar-refractivity contribution in [2.24, 2.45) is 5.84 Å². The molecule has 1 aromatic carbocycles. The summed E-state index contributed by atoms with van der Waals surface area (Å²) in [6, 6.07) is 5.05. The number of nitro benzene ring substituents is 1. The second-order valence-corrected chi connectivity index (χ2v) is 5.37. The summed E-state index contributed by atoms with van der Waals surface area (Å²) in [6.45, 7) is 2.94. The first-order valence-electron chi connectivity index (χ1n) is 5.75. The van der Waals surface area contributed by atoms with Crippen molar-refractivity contribution in [1.82, 2.24) is 4.90 Å². The number of hydrazine groups is 1. The molecule has 1 aliphatic heterocycles. The van der Waals surface area contributed by atoms with E-state index in [1.54, 1.807) is 12.1 Å². The fourth-order valence-corrected chi connectivity index (χ4v) is 2.95. The van der Waals surface area contributed by atoms with E-state index in [9.17, 15) is 10.1 Å². The van der Waals surface area contributed by atoms with Gasteiger partial charge in [0.25, 0.3) is 5.69 Å². The van der Waals surface area contributed by atoms with Crippen molar-refractivity contribution < 1.29 is 4.92 Å². The molecule has 1 aromatic rings. The van der Waals surface area contributed by atoms with Gasteiger partial charge in [-0.25, -0.2) is 0 Å². The molecule has 0 saturated carbocycles. The number of nitrogens with zero attached hydrogens (tertiary/aromatic N) is 2. The zero-order valence-corrected chi connectivity index (χ0v) is 10.8. The lowest BCUT2D eigenvalue weighted by molar-refractivity contribution is -0.384. The standard InChI is InChI=1S/C11H16N4O2S/c12-13-10-7-9(1-2-11(10)15(16)17)8-14-3-5-18-6-4-14/h1-2,7,13H,3-6,8,12H2. The van der Waals surface area contributed by atoms with Crippen LogP contribution >= 0.6 is 11.8 Å². The van der Waals surface area contributed by atoms with Crippen molar-refractivity contribution in [2.75, 3.05) is 30.0 Å². The van der Waals surface area contributed by atoms with E-state index in [1.165, 1.54) is 6.07 Å². The van der Waals surface area contributed by atoms with Crippen LogP contribution in [0.4, 0.5) is 11.4 Å². The van der Waals surface area contributed by atoms with Gasteiger partial charge < -0.3 is 5.43 Å². The van der Waals surface area contributed by atoms with Crippen molar-refractivity contribution in [2.45, 2.75) is 6.54 Å². The van der Waals surface area contributed by atoms with E-state index in [2.05, 4.69) is 10.3 Å². The van der Waals surface area contributed by atoms with Crippen LogP contribution in [0, 0.1) is 10.1 Å². The summed E-state index contributed by atoms with van der Waals surface area (Å²) in [7, 11) is 0. The smallest absolute Gasteiger partial charge is 0.293 e. The minimum atomic E-state index is -0.434. The average Bonchev–Trinajstić information content (AvgIpc) is 2.39. The fraction of sp³-hybridized carbons (Fsp3) is 0.455. The molecule has 0 atom stereocenters. The van der Waals surface area contributed by atoms with Crippen molar-refractivity contribution in [1.29, 1.82) is 0 Å². The first kappa shape index (κ1) is 13.1. The zero-order valence-electron chi connectivity index (χ0n) is 9.96. The van der Waals surface area contributed by atoms with Gasteiger partial charge in [-0.05, 0) is 11.6 Å². The lowest BCUT2D eigenvalue weighted by Crippen LogP contribution is -2.32. The van der Waals surface area contributed by atoms with Gasteiger partial charge in [0.05, 0.1) is 4.92 Å². The highest BCUT2D eigenvalue weighted by Gasteiger charge is 2.15. The predicted octanol–water partition coefficient (Wildman–Crippen LogP) is 1.43. The van der Waals surface area contributed by atoms with E-state index >= 15 is 0 Å². The quantitative estimate of drug-likeness (QED) is 0.488. The monoisotopic (exact) mass is 268 g/mol. The molecule has 1 saturated heterocycles. The third-order valence-electron chi connectivity index (χ3n) is 2.92. The molecule has 7 heteroatoms. The van der Waals surface area contributed by atoms with Crippen molar-refractivity contribution in [3.63, 3.8) is 0 Å². The van der Waals surface area contributed by atoms with Crippen LogP contribution in [0.25, 0.3) is 0 Å². The highest BCUT2D eigenvalue weighted by molar-refractivity contribution is 7.99. The van der Waals surface area contributed by atoms with Gasteiger partial charge in [0.15, 0.2) is 0 Å². The Morgan fingerprint density at radius 2 is 2.17 bits per heavy atom. The highest BCUT2D eigenvalue weighted by atomic mass is 32.2. The van der Waals surface area contributed by atoms with Gasteiger partial charge in [0, 0.05) is 37.2 Å². The molecule has 18 heavy (non-hydrogen) atoms. The first-order valence-corrected chi connectivity index (χ1v) is 6.90. The second-order valence-electron chi connectivity index (χ2n) is 4.14. The number of benzene rings is 1. The zero-order chi connectivity index (χ0) is 13.0. The lowest BCUT2D eigenvalue weighted by Gasteiger charge is -2.26. The van der Waals surface area contributed by atoms with Gasteiger partial charge in [0.2, 0.25) is 0 Å². The Balaban J connectivity index is 2.11. The van der Waals surface area contributed by atoms with Crippen LogP contribution in [0.1, 0.15) is 5.56 Å². The molecule has 98 valence electrons. The normalized spacial score (nSPS) is 16.5. The largest absolute Gasteiger partial charge is 0.318 e. The number of nitro groups is 1. The molecule has 0 bridgehead atoms. The second kappa shape index (κ2) is 6.03. The minimum absolute atomic E-state index is 0.00968. The molecule has 3 N–H and O–H groups in total. The molecule has 0 amide bonds. The highest BCUT2D eigenvalue weighted by Crippen LogP contribution is 2.25. The molecule has 0 radical (unpaired) electrons. The Labute approximate surface area is 110 Å². The Kier molecular flexibility index (Phi) is 4.40. The molecule has 1 heterocycles. The SMILES string of the molecule is NNc1cc(CN2CCSCC2)ccc1[N+](=O)[O-]. The number of hydrogen-bond acceptors (Lipinski definition) is 6. The molecular formula is C11H16N4O2S. The third kappa shape index (κ3) is 3.12. The van der Waals surface area contributed by atoms with E-state index in [0.29, 0.717) is 5.69 Å². The van der Waals surface area contributed by atoms with E-state index in [1.807, 2.05) is 11.8 Å². The van der Waals surface area contributed by atoms with E-state index in [0.717, 1.165) is 36.7 Å². The number of rotatable bonds is 4. The Morgan fingerprint density at radius 3 is 2.78 bits per heavy atom. The number of hydrogen-bond donors (Lipinski definition) is 2. The van der Waals surface area contributed by atoms with Crippen molar-refractivity contribution in [3.8, 4) is 0 Å². The molecule has 1 aliphatic rings. The maximum absolute atomic E-state index is 10.8. The molecule has 2 rings (SSSR count). The van der Waals surface area contributed by atoms with Crippen LogP contribution < -0.4 is 11.3 Å². The van der Waals surface area contributed by atoms with Crippen molar-refractivity contribution in [3.05, 3.63) is 33.9 Å². The fourth-order valence-electron chi connectivity index (χ4n) is 1.97. The van der Waals surface area contributed by atoms with E-state index in [-0.39, 0.29) is 5.69 Å². The van der Waals surface area contributed by atoms with Crippen LogP contribution in [0.5, 0.6) is 0 Å². The summed E-state index contributed by atoms with van der Waals surface area (Å²) in [5, 5.41) is 10.8. The third-order valence-corrected chi connectivity index (χ3v) is 3.87. The molecule has 0 aromatic heterocycles. The summed E-state index contributed by atoms with van der Waals surface area (Å²) >= 11 is 1.96. The molecule has 0 unspecified atom stereocenters. The van der Waals surface area contributed by atoms with Gasteiger partial charge in [-0.2, -0.15) is 11.8 Å². The lowest BCUT2D eigenvalue weighted by atomic mass is 10.1. The summed E-state index contributed by atoms with van der Waals surface area (Å²) in [6.07, 6.45) is 0. The summed E-state index contributed by atoms with van der Waals surface area (Å²) in [5.41, 5.74) is 3.81. The Hall–Kier alpha value is -1.31. The number of anilines is 1.